The molecule has 1 aromatic carbocycles. The maximum atomic E-state index is 13.4. The summed E-state index contributed by atoms with van der Waals surface area (Å²) in [6.45, 7) is 3.33. The first-order valence-electron chi connectivity index (χ1n) is 7.64. The Bertz CT molecular complexity index is 591. The molecule has 1 unspecified atom stereocenters. The third-order valence-corrected chi connectivity index (χ3v) is 2.96. The Hall–Kier alpha value is -2.38. The Morgan fingerprint density at radius 1 is 1.16 bits per heavy atom. The van der Waals surface area contributed by atoms with Crippen LogP contribution in [0.1, 0.15) is 26.0 Å². The zero-order valence-corrected chi connectivity index (χ0v) is 14.2. The van der Waals surface area contributed by atoms with Crippen LogP contribution < -0.4 is 4.74 Å². The number of para-hydroxylation sites is 1. The van der Waals surface area contributed by atoms with Gasteiger partial charge in [0, 0.05) is 5.41 Å². The zero-order valence-electron chi connectivity index (χ0n) is 14.2. The second-order valence-corrected chi connectivity index (χ2v) is 5.90. The first-order valence-corrected chi connectivity index (χ1v) is 7.64. The van der Waals surface area contributed by atoms with Crippen LogP contribution in [-0.4, -0.2) is 36.0 Å². The van der Waals surface area contributed by atoms with Gasteiger partial charge in [-0.2, -0.15) is 4.39 Å². The van der Waals surface area contributed by atoms with Crippen LogP contribution in [0.5, 0.6) is 5.75 Å². The molecule has 0 radical (unpaired) electrons. The van der Waals surface area contributed by atoms with Gasteiger partial charge in [0.25, 0.3) is 6.36 Å². The first kappa shape index (κ1) is 20.7. The van der Waals surface area contributed by atoms with Crippen molar-refractivity contribution in [3.05, 3.63) is 54.5 Å². The first-order chi connectivity index (χ1) is 11.9. The smallest absolute Gasteiger partial charge is 0.347 e. The quantitative estimate of drug-likeness (QED) is 0.743. The number of halogens is 1. The number of carbonyl (C=O) groups excluding carboxylic acids is 1. The molecule has 1 atom stereocenters. The molecule has 0 saturated heterocycles. The summed E-state index contributed by atoms with van der Waals surface area (Å²) in [5.74, 6) is -0.339. The number of carbonyl (C=O) groups is 1. The van der Waals surface area contributed by atoms with Crippen LogP contribution in [0.2, 0.25) is 0 Å². The van der Waals surface area contributed by atoms with E-state index in [9.17, 15) is 9.18 Å². The summed E-state index contributed by atoms with van der Waals surface area (Å²) in [5, 5.41) is 16.9. The Morgan fingerprint density at radius 3 is 2.28 bits per heavy atom. The molecule has 0 fully saturated rings. The fourth-order valence-electron chi connectivity index (χ4n) is 1.34. The Balaban J connectivity index is 0.000000381. The van der Waals surface area contributed by atoms with Gasteiger partial charge in [-0.05, 0) is 24.3 Å². The van der Waals surface area contributed by atoms with Crippen molar-refractivity contribution in [2.75, 3.05) is 19.8 Å². The van der Waals surface area contributed by atoms with Crippen molar-refractivity contribution in [3.8, 4) is 5.75 Å². The van der Waals surface area contributed by atoms with Crippen molar-refractivity contribution in [1.82, 2.24) is 0 Å². The Morgan fingerprint density at radius 2 is 1.80 bits per heavy atom. The Labute approximate surface area is 145 Å². The topological polar surface area (TPSA) is 89.1 Å². The molecule has 2 aromatic rings. The van der Waals surface area contributed by atoms with E-state index in [1.165, 1.54) is 18.4 Å². The van der Waals surface area contributed by atoms with Gasteiger partial charge in [0.2, 0.25) is 0 Å². The maximum Gasteiger partial charge on any atom is 0.347 e. The highest BCUT2D eigenvalue weighted by molar-refractivity contribution is 5.71. The molecule has 0 saturated carbocycles. The zero-order chi connectivity index (χ0) is 18.7. The third kappa shape index (κ3) is 8.32. The second-order valence-electron chi connectivity index (χ2n) is 5.90. The van der Waals surface area contributed by atoms with Gasteiger partial charge in [-0.25, -0.2) is 4.79 Å². The van der Waals surface area contributed by atoms with Gasteiger partial charge < -0.3 is 24.1 Å². The predicted molar refractivity (Wildman–Crippen MR) is 88.5 cm³/mol. The van der Waals surface area contributed by atoms with E-state index in [4.69, 9.17) is 19.4 Å². The number of aliphatic hydroxyl groups excluding tert-OH is 2. The number of furan rings is 1. The molecular weight excluding hydrogens is 331 g/mol. The highest BCUT2D eigenvalue weighted by Crippen LogP contribution is 2.19. The van der Waals surface area contributed by atoms with Gasteiger partial charge in [-0.3, -0.25) is 0 Å². The third-order valence-electron chi connectivity index (χ3n) is 2.96. The van der Waals surface area contributed by atoms with E-state index in [1.807, 2.05) is 6.07 Å². The van der Waals surface area contributed by atoms with Crippen LogP contribution in [-0.2, 0) is 9.53 Å². The van der Waals surface area contributed by atoms with E-state index in [1.54, 1.807) is 38.1 Å². The van der Waals surface area contributed by atoms with Crippen LogP contribution in [0, 0.1) is 5.41 Å². The number of rotatable bonds is 7. The largest absolute Gasteiger partial charge is 0.482 e. The fraction of sp³-hybridized carbons (Fsp3) is 0.389. The second kappa shape index (κ2) is 10.5. The van der Waals surface area contributed by atoms with E-state index in [-0.39, 0.29) is 31.0 Å². The molecule has 1 heterocycles. The number of hydrogen-bond acceptors (Lipinski definition) is 6. The highest BCUT2D eigenvalue weighted by atomic mass is 19.1. The average Bonchev–Trinajstić information content (AvgIpc) is 3.16. The minimum atomic E-state index is -1.91. The summed E-state index contributed by atoms with van der Waals surface area (Å²) in [6, 6.07) is 11.6. The van der Waals surface area contributed by atoms with Crippen LogP contribution in [0.4, 0.5) is 4.39 Å². The molecule has 138 valence electrons. The predicted octanol–water partition coefficient (Wildman–Crippen LogP) is 2.87. The SMILES string of the molecule is CC(C)(CO)CO.O=C(COc1ccccc1)OC(F)c1ccco1. The lowest BCUT2D eigenvalue weighted by Gasteiger charge is -2.16. The molecule has 0 bridgehead atoms. The van der Waals surface area contributed by atoms with Gasteiger partial charge in [-0.15, -0.1) is 0 Å². The van der Waals surface area contributed by atoms with Crippen LogP contribution in [0.15, 0.2) is 53.1 Å². The number of benzene rings is 1. The normalized spacial score (nSPS) is 11.9. The monoisotopic (exact) mass is 354 g/mol. The molecule has 0 aliphatic heterocycles. The lowest BCUT2D eigenvalue weighted by atomic mass is 9.97. The lowest BCUT2D eigenvalue weighted by Crippen LogP contribution is -2.20. The molecular formula is C18H23FO6. The van der Waals surface area contributed by atoms with Crippen molar-refractivity contribution in [1.29, 1.82) is 0 Å². The lowest BCUT2D eigenvalue weighted by molar-refractivity contribution is -0.162. The minimum Gasteiger partial charge on any atom is -0.482 e. The van der Waals surface area contributed by atoms with Crippen molar-refractivity contribution < 1.29 is 33.3 Å². The minimum absolute atomic E-state index is 0.0451. The van der Waals surface area contributed by atoms with Crippen LogP contribution >= 0.6 is 0 Å². The standard InChI is InChI=1S/C13H11FO4.C5H12O2/c14-13(11-7-4-8-16-11)18-12(15)9-17-10-5-2-1-3-6-10;1-5(2,3-6)4-7/h1-8,13H,9H2;6-7H,3-4H2,1-2H3. The summed E-state index contributed by atoms with van der Waals surface area (Å²) in [5.41, 5.74) is -0.306. The van der Waals surface area contributed by atoms with Crippen LogP contribution in [0.25, 0.3) is 0 Å². The molecule has 0 spiro atoms. The maximum absolute atomic E-state index is 13.4. The van der Waals surface area contributed by atoms with E-state index >= 15 is 0 Å². The molecule has 25 heavy (non-hydrogen) atoms. The summed E-state index contributed by atoms with van der Waals surface area (Å²) < 4.78 is 27.7. The van der Waals surface area contributed by atoms with Crippen molar-refractivity contribution in [2.24, 2.45) is 5.41 Å². The molecule has 1 aromatic heterocycles. The Kier molecular flexibility index (Phi) is 8.66. The van der Waals surface area contributed by atoms with Gasteiger partial charge in [-0.1, -0.05) is 32.0 Å². The van der Waals surface area contributed by atoms with Crippen LogP contribution in [0.3, 0.4) is 0 Å². The van der Waals surface area contributed by atoms with E-state index in [2.05, 4.69) is 4.74 Å². The fourth-order valence-corrected chi connectivity index (χ4v) is 1.34. The number of aliphatic hydroxyl groups is 2. The number of alkyl halides is 1. The molecule has 7 heteroatoms. The summed E-state index contributed by atoms with van der Waals surface area (Å²) >= 11 is 0. The van der Waals surface area contributed by atoms with Crippen molar-refractivity contribution in [2.45, 2.75) is 20.2 Å². The highest BCUT2D eigenvalue weighted by Gasteiger charge is 2.18. The molecule has 6 nitrogen and oxygen atoms in total. The molecule has 0 amide bonds. The molecule has 0 aliphatic rings. The number of ether oxygens (including phenoxy) is 2. The summed E-state index contributed by atoms with van der Waals surface area (Å²) in [6.07, 6.45) is -0.608. The molecule has 2 N–H and O–H groups in total. The summed E-state index contributed by atoms with van der Waals surface area (Å²) in [7, 11) is 0. The van der Waals surface area contributed by atoms with Gasteiger partial charge in [0.05, 0.1) is 19.5 Å². The number of hydrogen-bond donors (Lipinski definition) is 2. The van der Waals surface area contributed by atoms with Gasteiger partial charge in [0.15, 0.2) is 12.4 Å². The molecule has 2 rings (SSSR count). The number of esters is 1. The van der Waals surface area contributed by atoms with E-state index in [0.717, 1.165) is 0 Å². The molecule has 0 aliphatic carbocycles. The summed E-state index contributed by atoms with van der Waals surface area (Å²) in [4.78, 5) is 11.3. The van der Waals surface area contributed by atoms with Crippen molar-refractivity contribution >= 4 is 5.97 Å². The van der Waals surface area contributed by atoms with Gasteiger partial charge in [0.1, 0.15) is 5.75 Å². The van der Waals surface area contributed by atoms with E-state index < -0.39 is 12.3 Å². The van der Waals surface area contributed by atoms with Crippen molar-refractivity contribution in [3.63, 3.8) is 0 Å². The average molecular weight is 354 g/mol. The van der Waals surface area contributed by atoms with Gasteiger partial charge >= 0.3 is 5.97 Å². The van der Waals surface area contributed by atoms with E-state index in [0.29, 0.717) is 5.75 Å².